The number of aromatic nitrogens is 6. The summed E-state index contributed by atoms with van der Waals surface area (Å²) in [5.74, 6) is 0.655. The summed E-state index contributed by atoms with van der Waals surface area (Å²) in [6, 6.07) is 1.83. The zero-order valence-corrected chi connectivity index (χ0v) is 7.44. The van der Waals surface area contributed by atoms with Gasteiger partial charge in [-0.05, 0) is 6.07 Å². The number of nitrogens with zero attached hydrogens (tertiary/aromatic N) is 5. The minimum absolute atomic E-state index is 0.328. The molecule has 1 N–H and O–H groups in total. The molecule has 3 aromatic rings. The van der Waals surface area contributed by atoms with E-state index < -0.39 is 0 Å². The molecule has 0 spiro atoms. The number of hydrogen-bond donors (Lipinski definition) is 1. The van der Waals surface area contributed by atoms with E-state index in [4.69, 9.17) is 0 Å². The van der Waals surface area contributed by atoms with Gasteiger partial charge in [-0.1, -0.05) is 10.3 Å². The highest BCUT2D eigenvalue weighted by Crippen LogP contribution is 2.04. The van der Waals surface area contributed by atoms with Crippen LogP contribution in [0.4, 0.5) is 0 Å². The van der Waals surface area contributed by atoms with Gasteiger partial charge in [0.2, 0.25) is 24.4 Å². The summed E-state index contributed by atoms with van der Waals surface area (Å²) < 4.78 is 8.91. The highest BCUT2D eigenvalue weighted by Gasteiger charge is 2.06. The van der Waals surface area contributed by atoms with Crippen LogP contribution in [-0.2, 0) is 0 Å². The van der Waals surface area contributed by atoms with Gasteiger partial charge < -0.3 is 9.05 Å². The van der Waals surface area contributed by atoms with E-state index in [0.717, 1.165) is 0 Å². The molecule has 0 atom stereocenters. The maximum absolute atomic E-state index is 4.46. The van der Waals surface area contributed by atoms with E-state index >= 15 is 0 Å². The fourth-order valence-electron chi connectivity index (χ4n) is 0.753. The first-order chi connectivity index (χ1) is 7.47. The van der Waals surface area contributed by atoms with Crippen LogP contribution < -0.4 is 0 Å². The molecule has 8 nitrogen and oxygen atoms in total. The predicted octanol–water partition coefficient (Wildman–Crippen LogP) is 0.529. The smallest absolute Gasteiger partial charge is 0.243 e. The molecule has 15 heavy (non-hydrogen) atoms. The van der Waals surface area contributed by atoms with Crippen LogP contribution in [-0.4, -0.2) is 30.5 Å². The molecular formula is C7H6N6O2. The molecule has 3 aromatic heterocycles. The molecule has 3 heterocycles. The molecule has 0 amide bonds. The Kier molecular flexibility index (Phi) is 2.81. The van der Waals surface area contributed by atoms with Crippen molar-refractivity contribution in [2.45, 2.75) is 0 Å². The van der Waals surface area contributed by atoms with Gasteiger partial charge in [0, 0.05) is 12.4 Å². The van der Waals surface area contributed by atoms with Gasteiger partial charge in [0.05, 0.1) is 0 Å². The molecule has 0 fully saturated rings. The fourth-order valence-corrected chi connectivity index (χ4v) is 0.753. The normalized spacial score (nSPS) is 9.33. The van der Waals surface area contributed by atoms with Crippen LogP contribution in [0, 0.1) is 0 Å². The van der Waals surface area contributed by atoms with Crippen LogP contribution in [0.5, 0.6) is 0 Å². The maximum Gasteiger partial charge on any atom is 0.243 e. The Labute approximate surface area is 83.3 Å². The summed E-state index contributed by atoms with van der Waals surface area (Å²) >= 11 is 0. The Morgan fingerprint density at radius 3 is 1.93 bits per heavy atom. The lowest BCUT2D eigenvalue weighted by Crippen LogP contribution is -1.80. The van der Waals surface area contributed by atoms with E-state index in [9.17, 15) is 0 Å². The summed E-state index contributed by atoms with van der Waals surface area (Å²) in [7, 11) is 0. The SMILES string of the molecule is c1cn[nH]c1.c1nc(-c2ncon2)no1. The standard InChI is InChI=1S/C4H2N4O2.C3H4N2/c1-5-3(7-9-1)4-6-2-10-8-4;1-2-4-5-3-1/h1-2H;1-3H,(H,4,5). The van der Waals surface area contributed by atoms with Crippen molar-refractivity contribution in [3.05, 3.63) is 31.2 Å². The van der Waals surface area contributed by atoms with E-state index in [1.165, 1.54) is 12.8 Å². The third-order valence-electron chi connectivity index (χ3n) is 1.33. The number of hydrogen-bond acceptors (Lipinski definition) is 7. The molecule has 3 rings (SSSR count). The average Bonchev–Trinajstić information content (AvgIpc) is 3.06. The lowest BCUT2D eigenvalue weighted by atomic mass is 10.6. The van der Waals surface area contributed by atoms with Crippen molar-refractivity contribution >= 4 is 0 Å². The van der Waals surface area contributed by atoms with Crippen molar-refractivity contribution in [1.29, 1.82) is 0 Å². The highest BCUT2D eigenvalue weighted by molar-refractivity contribution is 5.38. The second-order valence-electron chi connectivity index (χ2n) is 2.28. The Balaban J connectivity index is 0.000000144. The van der Waals surface area contributed by atoms with Crippen LogP contribution in [0.3, 0.4) is 0 Å². The lowest BCUT2D eigenvalue weighted by molar-refractivity contribution is 0.411. The van der Waals surface area contributed by atoms with Crippen LogP contribution in [0.15, 0.2) is 40.3 Å². The van der Waals surface area contributed by atoms with Crippen molar-refractivity contribution in [2.24, 2.45) is 0 Å². The minimum atomic E-state index is 0.328. The summed E-state index contributed by atoms with van der Waals surface area (Å²) in [4.78, 5) is 7.39. The minimum Gasteiger partial charge on any atom is -0.342 e. The highest BCUT2D eigenvalue weighted by atomic mass is 16.5. The molecule has 0 aliphatic carbocycles. The maximum atomic E-state index is 4.46. The van der Waals surface area contributed by atoms with Gasteiger partial charge in [0.15, 0.2) is 0 Å². The van der Waals surface area contributed by atoms with E-state index in [1.54, 1.807) is 12.4 Å². The van der Waals surface area contributed by atoms with Gasteiger partial charge in [0.25, 0.3) is 0 Å². The van der Waals surface area contributed by atoms with E-state index in [2.05, 4.69) is 39.5 Å². The monoisotopic (exact) mass is 206 g/mol. The van der Waals surface area contributed by atoms with Gasteiger partial charge in [-0.2, -0.15) is 15.1 Å². The molecule has 0 radical (unpaired) electrons. The summed E-state index contributed by atoms with van der Waals surface area (Å²) in [5, 5.41) is 13.2. The third-order valence-corrected chi connectivity index (χ3v) is 1.33. The Morgan fingerprint density at radius 1 is 1.00 bits per heavy atom. The zero-order valence-electron chi connectivity index (χ0n) is 7.44. The summed E-state index contributed by atoms with van der Waals surface area (Å²) in [6.45, 7) is 0. The van der Waals surface area contributed by atoms with Crippen molar-refractivity contribution in [2.75, 3.05) is 0 Å². The van der Waals surface area contributed by atoms with Gasteiger partial charge >= 0.3 is 0 Å². The number of rotatable bonds is 1. The number of H-pyrrole nitrogens is 1. The molecule has 0 aliphatic heterocycles. The Morgan fingerprint density at radius 2 is 1.67 bits per heavy atom. The molecule has 0 aliphatic rings. The Hall–Kier alpha value is -2.51. The average molecular weight is 206 g/mol. The lowest BCUT2D eigenvalue weighted by Gasteiger charge is -1.75. The summed E-state index contributed by atoms with van der Waals surface area (Å²) in [6.07, 6.45) is 5.86. The molecule has 0 saturated carbocycles. The van der Waals surface area contributed by atoms with Gasteiger partial charge in [-0.3, -0.25) is 5.10 Å². The first kappa shape index (κ1) is 9.06. The molecule has 8 heteroatoms. The van der Waals surface area contributed by atoms with Crippen molar-refractivity contribution in [3.63, 3.8) is 0 Å². The molecule has 76 valence electrons. The van der Waals surface area contributed by atoms with Crippen LogP contribution >= 0.6 is 0 Å². The van der Waals surface area contributed by atoms with Crippen LogP contribution in [0.25, 0.3) is 11.6 Å². The van der Waals surface area contributed by atoms with Crippen molar-refractivity contribution < 1.29 is 9.05 Å². The number of nitrogens with one attached hydrogen (secondary N) is 1. The van der Waals surface area contributed by atoms with Crippen molar-refractivity contribution in [3.8, 4) is 11.6 Å². The molecule has 0 aromatic carbocycles. The van der Waals surface area contributed by atoms with Crippen molar-refractivity contribution in [1.82, 2.24) is 30.5 Å². The second-order valence-corrected chi connectivity index (χ2v) is 2.28. The van der Waals surface area contributed by atoms with Crippen LogP contribution in [0.2, 0.25) is 0 Å². The van der Waals surface area contributed by atoms with Gasteiger partial charge in [-0.25, -0.2) is 0 Å². The largest absolute Gasteiger partial charge is 0.342 e. The van der Waals surface area contributed by atoms with E-state index in [-0.39, 0.29) is 0 Å². The second kappa shape index (κ2) is 4.65. The topological polar surface area (TPSA) is 107 Å². The predicted molar refractivity (Wildman–Crippen MR) is 46.2 cm³/mol. The van der Waals surface area contributed by atoms with E-state index in [1.807, 2.05) is 6.07 Å². The number of aromatic amines is 1. The fraction of sp³-hybridized carbons (Fsp3) is 0. The van der Waals surface area contributed by atoms with E-state index in [0.29, 0.717) is 11.6 Å². The first-order valence-corrected chi connectivity index (χ1v) is 3.93. The molecule has 0 bridgehead atoms. The quantitative estimate of drug-likeness (QED) is 0.618. The third kappa shape index (κ3) is 2.46. The van der Waals surface area contributed by atoms with Crippen LogP contribution in [0.1, 0.15) is 0 Å². The molecule has 0 saturated heterocycles. The van der Waals surface area contributed by atoms with Gasteiger partial charge in [-0.15, -0.1) is 0 Å². The summed E-state index contributed by atoms with van der Waals surface area (Å²) in [5.41, 5.74) is 0. The molecule has 0 unspecified atom stereocenters. The first-order valence-electron chi connectivity index (χ1n) is 3.93. The Bertz CT molecular complexity index is 396. The van der Waals surface area contributed by atoms with Gasteiger partial charge in [0.1, 0.15) is 0 Å². The zero-order chi connectivity index (χ0) is 10.3. The molecular weight excluding hydrogens is 200 g/mol.